The Morgan fingerprint density at radius 2 is 1.06 bits per heavy atom. The second-order valence-corrected chi connectivity index (χ2v) is 11.9. The average molecular weight is 627 g/mol. The van der Waals surface area contributed by atoms with Gasteiger partial charge in [-0.3, -0.25) is 4.98 Å². The molecular formula is C43H26N6. The Balaban J connectivity index is 1.24. The number of rotatable bonds is 5. The zero-order valence-electron chi connectivity index (χ0n) is 26.2. The predicted molar refractivity (Wildman–Crippen MR) is 196 cm³/mol. The number of fused-ring (bicyclic) bond motifs is 4. The summed E-state index contributed by atoms with van der Waals surface area (Å²) in [5, 5.41) is 14.0. The molecule has 0 aliphatic carbocycles. The van der Waals surface area contributed by atoms with Gasteiger partial charge in [0.1, 0.15) is 0 Å². The Labute approximate surface area is 282 Å². The van der Waals surface area contributed by atoms with Crippen LogP contribution < -0.4 is 0 Å². The molecule has 0 saturated heterocycles. The van der Waals surface area contributed by atoms with Crippen LogP contribution in [0.2, 0.25) is 0 Å². The van der Waals surface area contributed by atoms with Crippen molar-refractivity contribution in [1.82, 2.24) is 24.5 Å². The predicted octanol–water partition coefficient (Wildman–Crippen LogP) is 10.1. The summed E-state index contributed by atoms with van der Waals surface area (Å²) in [6.45, 7) is 0. The highest BCUT2D eigenvalue weighted by atomic mass is 15.0. The molecule has 3 aromatic heterocycles. The number of aromatic nitrogens is 5. The van der Waals surface area contributed by atoms with E-state index in [0.717, 1.165) is 66.1 Å². The van der Waals surface area contributed by atoms with Crippen LogP contribution in [-0.4, -0.2) is 24.5 Å². The summed E-state index contributed by atoms with van der Waals surface area (Å²) in [6, 6.07) is 51.5. The van der Waals surface area contributed by atoms with Crippen molar-refractivity contribution in [3.63, 3.8) is 0 Å². The monoisotopic (exact) mass is 626 g/mol. The number of hydrogen-bond donors (Lipinski definition) is 0. The van der Waals surface area contributed by atoms with Crippen molar-refractivity contribution in [3.8, 4) is 57.0 Å². The van der Waals surface area contributed by atoms with E-state index in [1.165, 1.54) is 0 Å². The van der Waals surface area contributed by atoms with E-state index in [-0.39, 0.29) is 0 Å². The fourth-order valence-corrected chi connectivity index (χ4v) is 6.70. The highest BCUT2D eigenvalue weighted by Crippen LogP contribution is 2.39. The van der Waals surface area contributed by atoms with Crippen molar-refractivity contribution in [1.29, 1.82) is 5.26 Å². The number of pyridine rings is 1. The average Bonchev–Trinajstić information content (AvgIpc) is 3.51. The van der Waals surface area contributed by atoms with Crippen molar-refractivity contribution in [2.75, 3.05) is 0 Å². The van der Waals surface area contributed by atoms with Crippen LogP contribution in [0.25, 0.3) is 83.6 Å². The second kappa shape index (κ2) is 11.7. The first-order valence-electron chi connectivity index (χ1n) is 16.0. The Kier molecular flexibility index (Phi) is 6.74. The van der Waals surface area contributed by atoms with Gasteiger partial charge in [0, 0.05) is 33.7 Å². The van der Waals surface area contributed by atoms with E-state index in [1.807, 2.05) is 91.1 Å². The molecule has 0 unspecified atom stereocenters. The summed E-state index contributed by atoms with van der Waals surface area (Å²) < 4.78 is 2.21. The van der Waals surface area contributed by atoms with Crippen molar-refractivity contribution in [3.05, 3.63) is 164 Å². The summed E-state index contributed by atoms with van der Waals surface area (Å²) in [5.74, 6) is 1.88. The van der Waals surface area contributed by atoms with Gasteiger partial charge in [-0.05, 0) is 70.4 Å². The molecule has 3 heterocycles. The molecule has 6 aromatic carbocycles. The lowest BCUT2D eigenvalue weighted by Gasteiger charge is -2.13. The molecule has 0 radical (unpaired) electrons. The normalized spacial score (nSPS) is 11.2. The first-order chi connectivity index (χ1) is 24.2. The fraction of sp³-hybridized carbons (Fsp3) is 0. The third-order valence-corrected chi connectivity index (χ3v) is 8.97. The van der Waals surface area contributed by atoms with Crippen LogP contribution in [0, 0.1) is 11.3 Å². The van der Waals surface area contributed by atoms with Crippen molar-refractivity contribution < 1.29 is 0 Å². The summed E-state index contributed by atoms with van der Waals surface area (Å²) in [5.41, 5.74) is 8.65. The summed E-state index contributed by atoms with van der Waals surface area (Å²) in [6.07, 6.45) is 3.64. The van der Waals surface area contributed by atoms with Gasteiger partial charge in [-0.2, -0.15) is 5.26 Å². The van der Waals surface area contributed by atoms with Gasteiger partial charge in [0.05, 0.1) is 34.6 Å². The maximum Gasteiger partial charge on any atom is 0.164 e. The van der Waals surface area contributed by atoms with E-state index in [2.05, 4.69) is 76.3 Å². The van der Waals surface area contributed by atoms with Gasteiger partial charge in [0.25, 0.3) is 0 Å². The zero-order chi connectivity index (χ0) is 32.7. The highest BCUT2D eigenvalue weighted by Gasteiger charge is 2.18. The van der Waals surface area contributed by atoms with Crippen molar-refractivity contribution in [2.45, 2.75) is 0 Å². The lowest BCUT2D eigenvalue weighted by molar-refractivity contribution is 1.08. The van der Waals surface area contributed by atoms with Crippen LogP contribution in [0.4, 0.5) is 0 Å². The zero-order valence-corrected chi connectivity index (χ0v) is 26.2. The van der Waals surface area contributed by atoms with Gasteiger partial charge >= 0.3 is 0 Å². The molecule has 0 aliphatic rings. The van der Waals surface area contributed by atoms with Crippen LogP contribution in [0.3, 0.4) is 0 Å². The van der Waals surface area contributed by atoms with Crippen molar-refractivity contribution >= 4 is 32.6 Å². The lowest BCUT2D eigenvalue weighted by atomic mass is 9.93. The van der Waals surface area contributed by atoms with Crippen LogP contribution in [0.1, 0.15) is 5.56 Å². The molecule has 228 valence electrons. The second-order valence-electron chi connectivity index (χ2n) is 11.9. The molecule has 6 heteroatoms. The van der Waals surface area contributed by atoms with Crippen LogP contribution in [0.5, 0.6) is 0 Å². The lowest BCUT2D eigenvalue weighted by Crippen LogP contribution is -2.00. The maximum atomic E-state index is 9.75. The molecule has 0 N–H and O–H groups in total. The number of benzene rings is 6. The van der Waals surface area contributed by atoms with E-state index in [0.29, 0.717) is 23.0 Å². The van der Waals surface area contributed by atoms with Gasteiger partial charge in [0.2, 0.25) is 0 Å². The first kappa shape index (κ1) is 28.3. The molecule has 49 heavy (non-hydrogen) atoms. The summed E-state index contributed by atoms with van der Waals surface area (Å²) in [4.78, 5) is 19.3. The molecule has 0 bridgehead atoms. The maximum absolute atomic E-state index is 9.75. The standard InChI is InChI=1S/C43H26N6/c44-26-28-17-21-39-37(24-28)38-25-31(18-22-40(38)49(39)32-14-9-23-45-27-32)33-19-20-36(35-16-8-7-15-34(33)35)43-47-41(29-10-3-1-4-11-29)46-42(48-43)30-12-5-2-6-13-30/h1-25,27H. The molecule has 9 rings (SSSR count). The van der Waals surface area contributed by atoms with E-state index >= 15 is 0 Å². The van der Waals surface area contributed by atoms with Crippen molar-refractivity contribution in [2.24, 2.45) is 0 Å². The molecule has 0 saturated carbocycles. The Bertz CT molecular complexity index is 2650. The molecule has 0 spiro atoms. The van der Waals surface area contributed by atoms with Gasteiger partial charge in [0.15, 0.2) is 17.5 Å². The van der Waals surface area contributed by atoms with Crippen LogP contribution >= 0.6 is 0 Å². The molecule has 0 atom stereocenters. The molecule has 0 amide bonds. The number of nitrogens with zero attached hydrogens (tertiary/aromatic N) is 6. The molecule has 0 aliphatic heterocycles. The van der Waals surface area contributed by atoms with Crippen LogP contribution in [0.15, 0.2) is 158 Å². The van der Waals surface area contributed by atoms with E-state index in [1.54, 1.807) is 6.20 Å². The van der Waals surface area contributed by atoms with Gasteiger partial charge in [-0.15, -0.1) is 0 Å². The first-order valence-corrected chi connectivity index (χ1v) is 16.0. The highest BCUT2D eigenvalue weighted by molar-refractivity contribution is 6.12. The van der Waals surface area contributed by atoms with Crippen LogP contribution in [-0.2, 0) is 0 Å². The minimum atomic E-state index is 0.620. The molecular weight excluding hydrogens is 601 g/mol. The fourth-order valence-electron chi connectivity index (χ4n) is 6.70. The largest absolute Gasteiger partial charge is 0.308 e. The minimum Gasteiger partial charge on any atom is -0.308 e. The quantitative estimate of drug-likeness (QED) is 0.190. The number of hydrogen-bond acceptors (Lipinski definition) is 5. The topological polar surface area (TPSA) is 80.3 Å². The minimum absolute atomic E-state index is 0.620. The Hall–Kier alpha value is -6.97. The molecule has 6 nitrogen and oxygen atoms in total. The van der Waals surface area contributed by atoms with Gasteiger partial charge in [-0.1, -0.05) is 97.1 Å². The molecule has 9 aromatic rings. The number of nitriles is 1. The van der Waals surface area contributed by atoms with Gasteiger partial charge in [-0.25, -0.2) is 15.0 Å². The van der Waals surface area contributed by atoms with E-state index in [4.69, 9.17) is 15.0 Å². The van der Waals surface area contributed by atoms with E-state index < -0.39 is 0 Å². The van der Waals surface area contributed by atoms with E-state index in [9.17, 15) is 5.26 Å². The summed E-state index contributed by atoms with van der Waals surface area (Å²) >= 11 is 0. The Morgan fingerprint density at radius 1 is 0.469 bits per heavy atom. The third-order valence-electron chi connectivity index (χ3n) is 8.97. The van der Waals surface area contributed by atoms with Gasteiger partial charge < -0.3 is 4.57 Å². The third kappa shape index (κ3) is 4.89. The SMILES string of the molecule is N#Cc1ccc2c(c1)c1cc(-c3ccc(-c4nc(-c5ccccc5)nc(-c5ccccc5)n4)c4ccccc34)ccc1n2-c1cccnc1. The summed E-state index contributed by atoms with van der Waals surface area (Å²) in [7, 11) is 0. The molecule has 0 fully saturated rings. The smallest absolute Gasteiger partial charge is 0.164 e. The Morgan fingerprint density at radius 3 is 1.71 bits per heavy atom.